The molecule has 1 aromatic rings. The van der Waals surface area contributed by atoms with Crippen molar-refractivity contribution in [2.75, 3.05) is 26.0 Å². The lowest BCUT2D eigenvalue weighted by molar-refractivity contribution is 0.199. The molecule has 0 radical (unpaired) electrons. The molecule has 1 atom stereocenters. The Morgan fingerprint density at radius 3 is 2.84 bits per heavy atom. The van der Waals surface area contributed by atoms with Crippen LogP contribution in [-0.4, -0.2) is 26.0 Å². The highest BCUT2D eigenvalue weighted by atomic mass is 32.2. The Hall–Kier alpha value is -0.580. The smallest absolute Gasteiger partial charge is 0.137 e. The zero-order chi connectivity index (χ0) is 14.1. The second kappa shape index (κ2) is 9.34. The van der Waals surface area contributed by atoms with E-state index in [2.05, 4.69) is 19.2 Å². The van der Waals surface area contributed by atoms with Gasteiger partial charge in [-0.2, -0.15) is 0 Å². The molecule has 0 aliphatic rings. The van der Waals surface area contributed by atoms with E-state index in [0.717, 1.165) is 29.2 Å². The van der Waals surface area contributed by atoms with E-state index in [1.54, 1.807) is 24.9 Å². The number of halogens is 1. The summed E-state index contributed by atoms with van der Waals surface area (Å²) in [7, 11) is 1.67. The first-order valence-corrected chi connectivity index (χ1v) is 7.76. The molecule has 1 rings (SSSR count). The van der Waals surface area contributed by atoms with Gasteiger partial charge in [0.15, 0.2) is 0 Å². The minimum absolute atomic E-state index is 0.112. The highest BCUT2D eigenvalue weighted by molar-refractivity contribution is 7.99. The van der Waals surface area contributed by atoms with Crippen molar-refractivity contribution in [1.82, 2.24) is 5.32 Å². The molecule has 1 aromatic carbocycles. The predicted molar refractivity (Wildman–Crippen MR) is 80.2 cm³/mol. The fourth-order valence-electron chi connectivity index (χ4n) is 1.53. The largest absolute Gasteiger partial charge is 0.383 e. The summed E-state index contributed by atoms with van der Waals surface area (Å²) in [4.78, 5) is 0.751. The zero-order valence-corrected chi connectivity index (χ0v) is 12.9. The molecule has 0 heterocycles. The molecule has 0 amide bonds. The molecule has 0 fully saturated rings. The molecule has 108 valence electrons. The van der Waals surface area contributed by atoms with Crippen LogP contribution in [0.15, 0.2) is 23.1 Å². The summed E-state index contributed by atoms with van der Waals surface area (Å²) in [6.45, 7) is 6.49. The fraction of sp³-hybridized carbons (Fsp3) is 0.600. The SMILES string of the molecule is CCC(C)CSc1ccc(CNCCOC)cc1F. The molecular weight excluding hydrogens is 261 g/mol. The Balaban J connectivity index is 2.45. The Morgan fingerprint density at radius 2 is 2.21 bits per heavy atom. The summed E-state index contributed by atoms with van der Waals surface area (Å²) in [6, 6.07) is 5.50. The number of hydrogen-bond acceptors (Lipinski definition) is 3. The highest BCUT2D eigenvalue weighted by Crippen LogP contribution is 2.25. The van der Waals surface area contributed by atoms with Crippen LogP contribution >= 0.6 is 11.8 Å². The molecule has 0 bridgehead atoms. The minimum Gasteiger partial charge on any atom is -0.383 e. The van der Waals surface area contributed by atoms with Gasteiger partial charge in [0.2, 0.25) is 0 Å². The first-order chi connectivity index (χ1) is 9.17. The van der Waals surface area contributed by atoms with Crippen molar-refractivity contribution < 1.29 is 9.13 Å². The van der Waals surface area contributed by atoms with E-state index in [1.165, 1.54) is 0 Å². The average molecular weight is 285 g/mol. The van der Waals surface area contributed by atoms with Crippen LogP contribution < -0.4 is 5.32 Å². The molecule has 0 aromatic heterocycles. The first kappa shape index (κ1) is 16.5. The monoisotopic (exact) mass is 285 g/mol. The number of rotatable bonds is 9. The van der Waals surface area contributed by atoms with Crippen molar-refractivity contribution in [2.45, 2.75) is 31.7 Å². The predicted octanol–water partition coefficient (Wildman–Crippen LogP) is 3.70. The number of ether oxygens (including phenoxy) is 1. The Bertz CT molecular complexity index is 373. The third kappa shape index (κ3) is 6.41. The molecule has 2 nitrogen and oxygen atoms in total. The van der Waals surface area contributed by atoms with E-state index < -0.39 is 0 Å². The van der Waals surface area contributed by atoms with Gasteiger partial charge in [-0.3, -0.25) is 0 Å². The maximum atomic E-state index is 13.9. The Labute approximate surface area is 120 Å². The molecule has 0 aliphatic carbocycles. The first-order valence-electron chi connectivity index (χ1n) is 6.78. The van der Waals surface area contributed by atoms with Crippen molar-refractivity contribution in [1.29, 1.82) is 0 Å². The van der Waals surface area contributed by atoms with E-state index in [0.29, 0.717) is 19.1 Å². The van der Waals surface area contributed by atoms with E-state index in [-0.39, 0.29) is 5.82 Å². The topological polar surface area (TPSA) is 21.3 Å². The number of hydrogen-bond donors (Lipinski definition) is 1. The van der Waals surface area contributed by atoms with E-state index in [4.69, 9.17) is 4.74 Å². The Morgan fingerprint density at radius 1 is 1.42 bits per heavy atom. The van der Waals surface area contributed by atoms with Gasteiger partial charge in [0.25, 0.3) is 0 Å². The third-order valence-electron chi connectivity index (χ3n) is 3.03. The van der Waals surface area contributed by atoms with Crippen molar-refractivity contribution >= 4 is 11.8 Å². The third-order valence-corrected chi connectivity index (χ3v) is 4.41. The summed E-state index contributed by atoms with van der Waals surface area (Å²) in [5, 5.41) is 3.21. The fourth-order valence-corrected chi connectivity index (χ4v) is 2.59. The lowest BCUT2D eigenvalue weighted by Gasteiger charge is -2.10. The van der Waals surface area contributed by atoms with Crippen molar-refractivity contribution in [3.8, 4) is 0 Å². The molecule has 0 saturated carbocycles. The summed E-state index contributed by atoms with van der Waals surface area (Å²) < 4.78 is 18.9. The van der Waals surface area contributed by atoms with Crippen molar-refractivity contribution in [3.63, 3.8) is 0 Å². The lowest BCUT2D eigenvalue weighted by Crippen LogP contribution is -2.18. The van der Waals surface area contributed by atoms with Crippen molar-refractivity contribution in [2.24, 2.45) is 5.92 Å². The quantitative estimate of drug-likeness (QED) is 0.552. The minimum atomic E-state index is -0.112. The van der Waals surface area contributed by atoms with Crippen molar-refractivity contribution in [3.05, 3.63) is 29.6 Å². The van der Waals surface area contributed by atoms with Gasteiger partial charge in [-0.15, -0.1) is 11.8 Å². The average Bonchev–Trinajstić information content (AvgIpc) is 2.42. The van der Waals surface area contributed by atoms with Gasteiger partial charge in [-0.25, -0.2) is 4.39 Å². The van der Waals surface area contributed by atoms with Crippen LogP contribution in [0.25, 0.3) is 0 Å². The van der Waals surface area contributed by atoms with Crippen LogP contribution in [0, 0.1) is 11.7 Å². The normalized spacial score (nSPS) is 12.6. The maximum Gasteiger partial charge on any atom is 0.137 e. The van der Waals surface area contributed by atoms with E-state index >= 15 is 0 Å². The van der Waals surface area contributed by atoms with Gasteiger partial charge in [0, 0.05) is 30.8 Å². The summed E-state index contributed by atoms with van der Waals surface area (Å²) in [5.74, 6) is 1.48. The van der Waals surface area contributed by atoms with Crippen LogP contribution in [0.5, 0.6) is 0 Å². The summed E-state index contributed by atoms with van der Waals surface area (Å²) in [6.07, 6.45) is 1.14. The molecule has 1 unspecified atom stereocenters. The van der Waals surface area contributed by atoms with Crippen LogP contribution in [0.4, 0.5) is 4.39 Å². The van der Waals surface area contributed by atoms with E-state index in [1.807, 2.05) is 12.1 Å². The Kier molecular flexibility index (Phi) is 8.10. The maximum absolute atomic E-state index is 13.9. The summed E-state index contributed by atoms with van der Waals surface area (Å²) >= 11 is 1.60. The van der Waals surface area contributed by atoms with Gasteiger partial charge >= 0.3 is 0 Å². The molecular formula is C15H24FNOS. The summed E-state index contributed by atoms with van der Waals surface area (Å²) in [5.41, 5.74) is 0.974. The second-order valence-corrected chi connectivity index (χ2v) is 5.82. The van der Waals surface area contributed by atoms with Gasteiger partial charge in [0.1, 0.15) is 5.82 Å². The standard InChI is InChI=1S/C15H24FNOS/c1-4-12(2)11-19-15-6-5-13(9-14(15)16)10-17-7-8-18-3/h5-6,9,12,17H,4,7-8,10-11H2,1-3H3. The van der Waals surface area contributed by atoms with Gasteiger partial charge < -0.3 is 10.1 Å². The molecule has 0 saturated heterocycles. The lowest BCUT2D eigenvalue weighted by atomic mass is 10.2. The molecule has 0 aliphatic heterocycles. The van der Waals surface area contributed by atoms with E-state index in [9.17, 15) is 4.39 Å². The molecule has 19 heavy (non-hydrogen) atoms. The van der Waals surface area contributed by atoms with Gasteiger partial charge in [-0.05, 0) is 23.6 Å². The molecule has 0 spiro atoms. The molecule has 1 N–H and O–H groups in total. The van der Waals surface area contributed by atoms with Gasteiger partial charge in [-0.1, -0.05) is 26.3 Å². The van der Waals surface area contributed by atoms with Gasteiger partial charge in [0.05, 0.1) is 6.61 Å². The second-order valence-electron chi connectivity index (χ2n) is 4.76. The number of benzene rings is 1. The highest BCUT2D eigenvalue weighted by Gasteiger charge is 2.06. The zero-order valence-electron chi connectivity index (χ0n) is 12.0. The van der Waals surface area contributed by atoms with Crippen LogP contribution in [-0.2, 0) is 11.3 Å². The number of nitrogens with one attached hydrogen (secondary N) is 1. The van der Waals surface area contributed by atoms with Crippen LogP contribution in [0.2, 0.25) is 0 Å². The molecule has 4 heteroatoms. The number of methoxy groups -OCH3 is 1. The van der Waals surface area contributed by atoms with Crippen LogP contribution in [0.1, 0.15) is 25.8 Å². The van der Waals surface area contributed by atoms with Crippen LogP contribution in [0.3, 0.4) is 0 Å². The number of thioether (sulfide) groups is 1.